The average molecular weight is 278 g/mol. The Morgan fingerprint density at radius 2 is 1.33 bits per heavy atom. The minimum absolute atomic E-state index is 0.414. The first-order chi connectivity index (χ1) is 8.69. The van der Waals surface area contributed by atoms with Crippen molar-refractivity contribution < 1.29 is 4.33 Å². The van der Waals surface area contributed by atoms with Gasteiger partial charge in [-0.3, -0.25) is 15.3 Å². The Morgan fingerprint density at radius 3 is 1.72 bits per heavy atom. The van der Waals surface area contributed by atoms with E-state index in [0.29, 0.717) is 16.8 Å². The first-order valence-electron chi connectivity index (χ1n) is 5.08. The Balaban J connectivity index is 2.20. The van der Waals surface area contributed by atoms with E-state index in [0.717, 1.165) is 16.0 Å². The molecule has 0 aliphatic carbocycles. The Hall–Kier alpha value is -1.50. The number of benzene rings is 2. The predicted molar refractivity (Wildman–Crippen MR) is 74.8 cm³/mol. The summed E-state index contributed by atoms with van der Waals surface area (Å²) in [5, 5.41) is 15.8. The monoisotopic (exact) mass is 278 g/mol. The summed E-state index contributed by atoms with van der Waals surface area (Å²) >= 11 is 1.81. The third-order valence-corrected chi connectivity index (χ3v) is 3.53. The second-order valence-electron chi connectivity index (χ2n) is 3.48. The third-order valence-electron chi connectivity index (χ3n) is 2.36. The molecule has 6 heteroatoms. The van der Waals surface area contributed by atoms with Crippen molar-refractivity contribution in [2.24, 2.45) is 5.14 Å². The predicted octanol–water partition coefficient (Wildman–Crippen LogP) is 3.60. The van der Waals surface area contributed by atoms with Gasteiger partial charge in [0.2, 0.25) is 0 Å². The van der Waals surface area contributed by atoms with E-state index in [1.54, 1.807) is 12.1 Å². The molecule has 0 bridgehead atoms. The van der Waals surface area contributed by atoms with E-state index >= 15 is 0 Å². The summed E-state index contributed by atoms with van der Waals surface area (Å²) in [6.07, 6.45) is 0. The van der Waals surface area contributed by atoms with Gasteiger partial charge in [-0.15, -0.1) is 0 Å². The smallest absolute Gasteiger partial charge is 0.265 e. The van der Waals surface area contributed by atoms with Gasteiger partial charge in [-0.05, 0) is 47.3 Å². The molecule has 0 saturated carbocycles. The summed E-state index contributed by atoms with van der Waals surface area (Å²) in [6, 6.07) is 15.1. The van der Waals surface area contributed by atoms with Crippen LogP contribution in [0.5, 0.6) is 0 Å². The SMILES string of the molecule is NSc1ccc(-c2ccc(S[N+](=O)[O-])cc2)cc1. The second-order valence-corrected chi connectivity index (χ2v) is 5.14. The summed E-state index contributed by atoms with van der Waals surface area (Å²) < 4.78 is -0.414. The number of nitrogens with zero attached hydrogens (tertiary/aromatic N) is 1. The highest BCUT2D eigenvalue weighted by atomic mass is 32.2. The normalized spacial score (nSPS) is 10.3. The van der Waals surface area contributed by atoms with Crippen molar-refractivity contribution in [3.63, 3.8) is 0 Å². The fraction of sp³-hybridized carbons (Fsp3) is 0. The largest absolute Gasteiger partial charge is 0.274 e. The van der Waals surface area contributed by atoms with Gasteiger partial charge >= 0.3 is 0 Å². The highest BCUT2D eigenvalue weighted by Gasteiger charge is 2.05. The van der Waals surface area contributed by atoms with Gasteiger partial charge in [0.05, 0.1) is 4.90 Å². The van der Waals surface area contributed by atoms with Crippen molar-refractivity contribution in [3.8, 4) is 11.1 Å². The quantitative estimate of drug-likeness (QED) is 0.525. The van der Waals surface area contributed by atoms with Crippen molar-refractivity contribution in [1.29, 1.82) is 0 Å². The fourth-order valence-corrected chi connectivity index (χ4v) is 2.24. The molecule has 0 amide bonds. The maximum absolute atomic E-state index is 10.3. The van der Waals surface area contributed by atoms with Gasteiger partial charge in [0, 0.05) is 4.90 Å². The Labute approximate surface area is 113 Å². The molecule has 2 aromatic rings. The van der Waals surface area contributed by atoms with E-state index in [9.17, 15) is 10.1 Å². The molecule has 4 nitrogen and oxygen atoms in total. The summed E-state index contributed by atoms with van der Waals surface area (Å²) in [5.41, 5.74) is 2.08. The molecule has 18 heavy (non-hydrogen) atoms. The van der Waals surface area contributed by atoms with Crippen LogP contribution in [-0.2, 0) is 0 Å². The molecule has 2 N–H and O–H groups in total. The molecule has 0 unspecified atom stereocenters. The molecule has 2 rings (SSSR count). The fourth-order valence-electron chi connectivity index (χ4n) is 1.52. The van der Waals surface area contributed by atoms with Crippen LogP contribution in [-0.4, -0.2) is 4.33 Å². The zero-order valence-electron chi connectivity index (χ0n) is 9.28. The first-order valence-corrected chi connectivity index (χ1v) is 6.74. The first kappa shape index (κ1) is 12.9. The number of nitro groups is 1. The van der Waals surface area contributed by atoms with Crippen LogP contribution in [0.15, 0.2) is 58.3 Å². The summed E-state index contributed by atoms with van der Waals surface area (Å²) in [7, 11) is 0. The maximum Gasteiger partial charge on any atom is 0.265 e. The molecule has 0 aromatic heterocycles. The third kappa shape index (κ3) is 3.25. The standard InChI is InChI=1S/C12H10N2O2S2/c13-17-11-5-1-9(2-6-11)10-3-7-12(8-4-10)18-14(15)16/h1-8H,13H2. The van der Waals surface area contributed by atoms with E-state index in [1.807, 2.05) is 36.4 Å². The van der Waals surface area contributed by atoms with Gasteiger partial charge in [-0.2, -0.15) is 0 Å². The van der Waals surface area contributed by atoms with Crippen molar-refractivity contribution in [2.45, 2.75) is 9.79 Å². The second kappa shape index (κ2) is 5.90. The lowest BCUT2D eigenvalue weighted by Gasteiger charge is -2.03. The molecule has 0 spiro atoms. The van der Waals surface area contributed by atoms with Crippen LogP contribution in [0.2, 0.25) is 0 Å². The van der Waals surface area contributed by atoms with Gasteiger partial charge in [0.1, 0.15) is 4.33 Å². The van der Waals surface area contributed by atoms with Crippen LogP contribution in [0.4, 0.5) is 0 Å². The molecule has 0 saturated heterocycles. The van der Waals surface area contributed by atoms with Gasteiger partial charge in [-0.25, -0.2) is 0 Å². The Morgan fingerprint density at radius 1 is 0.889 bits per heavy atom. The Kier molecular flexibility index (Phi) is 4.24. The molecule has 0 atom stereocenters. The van der Waals surface area contributed by atoms with E-state index in [2.05, 4.69) is 0 Å². The van der Waals surface area contributed by atoms with Crippen LogP contribution < -0.4 is 5.14 Å². The average Bonchev–Trinajstić information content (AvgIpc) is 2.39. The number of hydrogen-bond acceptors (Lipinski definition) is 5. The molecule has 92 valence electrons. The van der Waals surface area contributed by atoms with Gasteiger partial charge in [0.15, 0.2) is 0 Å². The minimum Gasteiger partial charge on any atom is -0.274 e. The lowest BCUT2D eigenvalue weighted by Crippen LogP contribution is -1.84. The van der Waals surface area contributed by atoms with Crippen LogP contribution in [0.25, 0.3) is 11.1 Å². The van der Waals surface area contributed by atoms with Crippen molar-refractivity contribution in [3.05, 3.63) is 58.6 Å². The maximum atomic E-state index is 10.3. The summed E-state index contributed by atoms with van der Waals surface area (Å²) in [6.45, 7) is 0. The minimum atomic E-state index is -0.414. The van der Waals surface area contributed by atoms with Crippen LogP contribution in [0.3, 0.4) is 0 Å². The summed E-state index contributed by atoms with van der Waals surface area (Å²) in [4.78, 5) is 12.0. The highest BCUT2D eigenvalue weighted by Crippen LogP contribution is 2.25. The number of nitrogens with two attached hydrogens (primary N) is 1. The molecule has 0 fully saturated rings. The number of rotatable bonds is 4. The topological polar surface area (TPSA) is 69.2 Å². The molecular weight excluding hydrogens is 268 g/mol. The van der Waals surface area contributed by atoms with Gasteiger partial charge in [0.25, 0.3) is 11.9 Å². The molecular formula is C12H10N2O2S2. The zero-order chi connectivity index (χ0) is 13.0. The van der Waals surface area contributed by atoms with E-state index < -0.39 is 4.33 Å². The molecule has 0 aliphatic rings. The van der Waals surface area contributed by atoms with Crippen molar-refractivity contribution in [1.82, 2.24) is 0 Å². The lowest BCUT2D eigenvalue weighted by atomic mass is 10.1. The van der Waals surface area contributed by atoms with Crippen LogP contribution >= 0.6 is 23.9 Å². The van der Waals surface area contributed by atoms with Gasteiger partial charge < -0.3 is 0 Å². The molecule has 0 radical (unpaired) electrons. The highest BCUT2D eigenvalue weighted by molar-refractivity contribution is 7.97. The molecule has 0 heterocycles. The van der Waals surface area contributed by atoms with Crippen molar-refractivity contribution >= 4 is 23.9 Å². The van der Waals surface area contributed by atoms with Crippen LogP contribution in [0.1, 0.15) is 0 Å². The van der Waals surface area contributed by atoms with E-state index in [-0.39, 0.29) is 0 Å². The Bertz CT molecular complexity index is 541. The lowest BCUT2D eigenvalue weighted by molar-refractivity contribution is -0.284. The van der Waals surface area contributed by atoms with E-state index in [4.69, 9.17) is 5.14 Å². The van der Waals surface area contributed by atoms with Crippen LogP contribution in [0, 0.1) is 10.1 Å². The van der Waals surface area contributed by atoms with Gasteiger partial charge in [-0.1, -0.05) is 24.3 Å². The molecule has 2 aromatic carbocycles. The number of hydrogen-bond donors (Lipinski definition) is 1. The molecule has 0 aliphatic heterocycles. The van der Waals surface area contributed by atoms with Crippen molar-refractivity contribution in [2.75, 3.05) is 0 Å². The van der Waals surface area contributed by atoms with E-state index in [1.165, 1.54) is 11.9 Å². The zero-order valence-corrected chi connectivity index (χ0v) is 10.9. The summed E-state index contributed by atoms with van der Waals surface area (Å²) in [5.74, 6) is 0.